The van der Waals surface area contributed by atoms with E-state index in [9.17, 15) is 9.59 Å². The summed E-state index contributed by atoms with van der Waals surface area (Å²) >= 11 is 0.903. The summed E-state index contributed by atoms with van der Waals surface area (Å²) in [6.07, 6.45) is -16.3. The number of benzene rings is 7. The summed E-state index contributed by atoms with van der Waals surface area (Å²) in [4.78, 5) is 59.7. The maximum absolute atomic E-state index is 15.2. The van der Waals surface area contributed by atoms with E-state index in [1.165, 1.54) is 14.0 Å². The summed E-state index contributed by atoms with van der Waals surface area (Å²) in [7, 11) is 1.39. The Hall–Kier alpha value is -7.31. The van der Waals surface area contributed by atoms with Crippen LogP contribution in [0.4, 0.5) is 0 Å². The lowest BCUT2D eigenvalue weighted by atomic mass is 9.93. The second-order valence-electron chi connectivity index (χ2n) is 22.5. The largest absolute Gasteiger partial charge is 0.452 e. The zero-order valence-electron chi connectivity index (χ0n) is 49.9. The second-order valence-corrected chi connectivity index (χ2v) is 23.9. The van der Waals surface area contributed by atoms with Gasteiger partial charge in [0.1, 0.15) is 54.9 Å². The first-order valence-corrected chi connectivity index (χ1v) is 31.1. The third-order valence-electron chi connectivity index (χ3n) is 16.4. The van der Waals surface area contributed by atoms with Gasteiger partial charge in [-0.1, -0.05) is 194 Å². The van der Waals surface area contributed by atoms with E-state index in [0.29, 0.717) is 5.56 Å². The molecule has 90 heavy (non-hydrogen) atoms. The summed E-state index contributed by atoms with van der Waals surface area (Å²) in [5.41, 5.74) is 4.69. The summed E-state index contributed by atoms with van der Waals surface area (Å²) < 4.78 is 89.6. The van der Waals surface area contributed by atoms with Gasteiger partial charge in [0, 0.05) is 19.6 Å². The van der Waals surface area contributed by atoms with Crippen molar-refractivity contribution >= 4 is 34.7 Å². The Kier molecular flexibility index (Phi) is 20.8. The average Bonchev–Trinajstić information content (AvgIpc) is 1.53. The van der Waals surface area contributed by atoms with E-state index in [1.54, 1.807) is 54.6 Å². The Labute approximate surface area is 526 Å². The van der Waals surface area contributed by atoms with Crippen molar-refractivity contribution in [2.75, 3.05) is 20.3 Å². The summed E-state index contributed by atoms with van der Waals surface area (Å²) in [6.45, 7) is 3.60. The number of esters is 1. The number of hydrogen-bond acceptors (Lipinski definition) is 18. The molecule has 1 unspecified atom stereocenters. The number of thioether (sulfide) groups is 1. The Morgan fingerprint density at radius 2 is 1.01 bits per heavy atom. The fourth-order valence-electron chi connectivity index (χ4n) is 12.1. The number of carbonyl (C=O) groups is 4. The van der Waals surface area contributed by atoms with Crippen molar-refractivity contribution in [3.8, 4) is 0 Å². The first-order chi connectivity index (χ1) is 44.1. The topological polar surface area (TPSA) is 192 Å². The van der Waals surface area contributed by atoms with Gasteiger partial charge in [0.05, 0.1) is 67.7 Å². The molecule has 19 heteroatoms. The molecule has 0 N–H and O–H groups in total. The van der Waals surface area contributed by atoms with Crippen molar-refractivity contribution < 1.29 is 80.8 Å². The van der Waals surface area contributed by atoms with Crippen molar-refractivity contribution in [2.24, 2.45) is 0 Å². The molecule has 0 radical (unpaired) electrons. The molecule has 468 valence electrons. The van der Waals surface area contributed by atoms with Crippen LogP contribution in [0, 0.1) is 0 Å². The van der Waals surface area contributed by atoms with Gasteiger partial charge in [-0.25, -0.2) is 4.79 Å². The lowest BCUT2D eigenvalue weighted by Gasteiger charge is -2.53. The van der Waals surface area contributed by atoms with Gasteiger partial charge in [-0.2, -0.15) is 0 Å². The molecule has 0 bridgehead atoms. The fraction of sp³-hybridized carbons (Fsp3) is 0.352. The monoisotopic (exact) mass is 1240 g/mol. The van der Waals surface area contributed by atoms with Gasteiger partial charge in [0.25, 0.3) is 11.8 Å². The number of amides is 2. The Bertz CT molecular complexity index is 3430. The highest BCUT2D eigenvalue weighted by atomic mass is 32.2. The Morgan fingerprint density at radius 1 is 0.522 bits per heavy atom. The molecule has 5 aliphatic heterocycles. The van der Waals surface area contributed by atoms with E-state index in [0.717, 1.165) is 38.9 Å². The minimum Gasteiger partial charge on any atom is -0.452 e. The number of carbonyl (C=O) groups excluding carboxylic acids is 4. The van der Waals surface area contributed by atoms with Gasteiger partial charge >= 0.3 is 5.97 Å². The van der Waals surface area contributed by atoms with Crippen LogP contribution in [0.5, 0.6) is 0 Å². The first-order valence-electron chi connectivity index (χ1n) is 30.2. The lowest BCUT2D eigenvalue weighted by molar-refractivity contribution is -0.384. The van der Waals surface area contributed by atoms with E-state index in [4.69, 9.17) is 61.6 Å². The highest BCUT2D eigenvalue weighted by Crippen LogP contribution is 2.44. The summed E-state index contributed by atoms with van der Waals surface area (Å²) in [5, 5.41) is -1.33. The molecular weight excluding hydrogens is 1170 g/mol. The minimum atomic E-state index is -1.62. The highest BCUT2D eigenvalue weighted by Gasteiger charge is 2.61. The quantitative estimate of drug-likeness (QED) is 0.0434. The van der Waals surface area contributed by atoms with Gasteiger partial charge in [-0.15, -0.1) is 0 Å². The molecular formula is C71H71NO17S. The van der Waals surface area contributed by atoms with Gasteiger partial charge in [0.15, 0.2) is 36.4 Å². The van der Waals surface area contributed by atoms with Crippen molar-refractivity contribution in [1.82, 2.24) is 4.90 Å². The number of rotatable bonds is 23. The smallest absolute Gasteiger partial charge is 0.338 e. The van der Waals surface area contributed by atoms with Crippen LogP contribution >= 0.6 is 11.8 Å². The van der Waals surface area contributed by atoms with Gasteiger partial charge in [-0.05, 0) is 53.4 Å². The van der Waals surface area contributed by atoms with Crippen LogP contribution in [0.15, 0.2) is 206 Å². The molecule has 0 saturated carbocycles. The normalized spacial score (nSPS) is 29.0. The van der Waals surface area contributed by atoms with E-state index in [1.807, 2.05) is 159 Å². The number of methoxy groups -OCH3 is 1. The van der Waals surface area contributed by atoms with Crippen LogP contribution in [0.25, 0.3) is 0 Å². The average molecular weight is 1240 g/mol. The molecule has 5 aliphatic rings. The van der Waals surface area contributed by atoms with Crippen LogP contribution in [-0.2, 0) is 92.8 Å². The van der Waals surface area contributed by atoms with Crippen molar-refractivity contribution in [3.05, 3.63) is 251 Å². The highest BCUT2D eigenvalue weighted by molar-refractivity contribution is 8.14. The first kappa shape index (κ1) is 62.9. The summed E-state index contributed by atoms with van der Waals surface area (Å²) in [5.74, 6) is -2.09. The molecule has 2 amide bonds. The standard InChI is InChI=1S/C71H71NO17S/c1-44-57(79-39-47-26-12-5-13-27-47)61(80-40-48-28-14-6-15-29-48)62(81-41-49-30-16-7-17-31-49)70(83-44)87-58-54(42-78-38-46-24-10-4-11-25-46)84-69(77-3)56(72-65(74)52-36-22-23-37-53(52)66(72)75)60(58)89-71-63(86-67(76)50-32-18-8-19-33-50)64(90-45(2)73)59-55(85-71)43-82-68(88-59)51-34-20-9-21-35-51/h4-37,44,54-64,68-71H,38-43H2,1-3H3/t44-,54-,55-,56-,57+,58-,59+,60-,61+,62-,63-,64+,68?,69-,70+,71+/m1/s1. The molecule has 0 aromatic heterocycles. The molecule has 0 spiro atoms. The summed E-state index contributed by atoms with van der Waals surface area (Å²) in [6, 6.07) is 61.4. The van der Waals surface area contributed by atoms with Crippen molar-refractivity contribution in [2.45, 2.75) is 138 Å². The van der Waals surface area contributed by atoms with Gasteiger partial charge in [0.2, 0.25) is 0 Å². The van der Waals surface area contributed by atoms with Gasteiger partial charge in [-0.3, -0.25) is 19.3 Å². The number of fused-ring (bicyclic) bond motifs is 2. The number of imide groups is 1. The molecule has 7 aromatic carbocycles. The maximum Gasteiger partial charge on any atom is 0.338 e. The zero-order chi connectivity index (χ0) is 61.9. The molecule has 4 saturated heterocycles. The fourth-order valence-corrected chi connectivity index (χ4v) is 13.2. The van der Waals surface area contributed by atoms with Gasteiger partial charge < -0.3 is 61.6 Å². The maximum atomic E-state index is 15.2. The number of nitrogens with zero attached hydrogens (tertiary/aromatic N) is 1. The second kappa shape index (κ2) is 29.8. The van der Waals surface area contributed by atoms with Crippen LogP contribution < -0.4 is 0 Å². The van der Waals surface area contributed by atoms with Crippen molar-refractivity contribution in [1.29, 1.82) is 0 Å². The molecule has 18 nitrogen and oxygen atoms in total. The molecule has 12 rings (SSSR count). The van der Waals surface area contributed by atoms with Crippen LogP contribution in [0.1, 0.15) is 79.0 Å². The van der Waals surface area contributed by atoms with E-state index < -0.39 is 115 Å². The SMILES string of the molecule is CO[C@@H]1O[C@H](COCc2ccccc2)[C@@H](O[C@@H]2O[C@H](C)[C@H](OCc3ccccc3)[C@H](OCc3ccccc3)[C@H]2OCc2ccccc2)[C@H](O[C@@H]2O[C@@H]3COC(c4ccccc4)O[C@@H]3[C@H](SC(C)=O)[C@H]2OC(=O)c2ccccc2)[C@H]1N1C(=O)c2ccccc2C1=O. The minimum absolute atomic E-state index is 0.0588. The van der Waals surface area contributed by atoms with Crippen molar-refractivity contribution in [3.63, 3.8) is 0 Å². The Balaban J connectivity index is 0.987. The predicted molar refractivity (Wildman–Crippen MR) is 328 cm³/mol. The molecule has 7 aromatic rings. The molecule has 4 fully saturated rings. The zero-order valence-corrected chi connectivity index (χ0v) is 50.7. The molecule has 0 aliphatic carbocycles. The van der Waals surface area contributed by atoms with Crippen LogP contribution in [0.2, 0.25) is 0 Å². The van der Waals surface area contributed by atoms with E-state index in [-0.39, 0.29) is 61.4 Å². The Morgan fingerprint density at radius 3 is 1.57 bits per heavy atom. The third-order valence-corrected chi connectivity index (χ3v) is 17.6. The number of ether oxygens (including phenoxy) is 13. The van der Waals surface area contributed by atoms with E-state index >= 15 is 9.59 Å². The lowest BCUT2D eigenvalue weighted by Crippen LogP contribution is -2.71. The number of hydrogen-bond donors (Lipinski definition) is 0. The van der Waals surface area contributed by atoms with Crippen LogP contribution in [-0.4, -0.2) is 139 Å². The third kappa shape index (κ3) is 14.5. The van der Waals surface area contributed by atoms with E-state index in [2.05, 4.69) is 0 Å². The predicted octanol–water partition coefficient (Wildman–Crippen LogP) is 10.2. The molecule has 16 atom stereocenters. The van der Waals surface area contributed by atoms with Crippen LogP contribution in [0.3, 0.4) is 0 Å². The molecule has 5 heterocycles.